The van der Waals surface area contributed by atoms with Gasteiger partial charge >= 0.3 is 6.61 Å². The smallest absolute Gasteiger partial charge is 0.387 e. The van der Waals surface area contributed by atoms with Crippen LogP contribution in [0.3, 0.4) is 0 Å². The summed E-state index contributed by atoms with van der Waals surface area (Å²) >= 11 is 0. The number of rotatable bonds is 7. The molecule has 2 rings (SSSR count). The molecular weight excluding hydrogens is 272 g/mol. The number of halogens is 2. The highest BCUT2D eigenvalue weighted by molar-refractivity contribution is 5.33. The first-order valence-corrected chi connectivity index (χ1v) is 7.88. The lowest BCUT2D eigenvalue weighted by molar-refractivity contribution is -0.0504. The van der Waals surface area contributed by atoms with Crippen molar-refractivity contribution in [1.82, 2.24) is 5.32 Å². The molecule has 1 N–H and O–H groups in total. The second kappa shape index (κ2) is 8.32. The maximum Gasteiger partial charge on any atom is 0.387 e. The highest BCUT2D eigenvalue weighted by Gasteiger charge is 2.18. The second-order valence-corrected chi connectivity index (χ2v) is 6.09. The third-order valence-electron chi connectivity index (χ3n) is 4.28. The van der Waals surface area contributed by atoms with Gasteiger partial charge in [-0.05, 0) is 37.3 Å². The van der Waals surface area contributed by atoms with Crippen molar-refractivity contribution in [3.63, 3.8) is 0 Å². The van der Waals surface area contributed by atoms with Crippen LogP contribution in [-0.4, -0.2) is 13.2 Å². The van der Waals surface area contributed by atoms with Crippen molar-refractivity contribution >= 4 is 0 Å². The molecular formula is C17H25F2NO. The van der Waals surface area contributed by atoms with Gasteiger partial charge in [0.15, 0.2) is 0 Å². The number of nitrogens with one attached hydrogen (secondary N) is 1. The number of benzene rings is 1. The molecule has 0 spiro atoms. The fourth-order valence-corrected chi connectivity index (χ4v) is 3.21. The summed E-state index contributed by atoms with van der Waals surface area (Å²) in [7, 11) is 0. The van der Waals surface area contributed by atoms with Gasteiger partial charge in [-0.3, -0.25) is 0 Å². The number of alkyl halides is 2. The second-order valence-electron chi connectivity index (χ2n) is 6.09. The van der Waals surface area contributed by atoms with E-state index in [0.29, 0.717) is 6.54 Å². The van der Waals surface area contributed by atoms with Gasteiger partial charge in [-0.1, -0.05) is 44.4 Å². The van der Waals surface area contributed by atoms with Crippen molar-refractivity contribution in [3.8, 4) is 5.75 Å². The summed E-state index contributed by atoms with van der Waals surface area (Å²) < 4.78 is 29.2. The molecule has 1 aliphatic rings. The molecule has 0 amide bonds. The van der Waals surface area contributed by atoms with Crippen LogP contribution >= 0.6 is 0 Å². The highest BCUT2D eigenvalue weighted by Crippen LogP contribution is 2.30. The van der Waals surface area contributed by atoms with Crippen LogP contribution in [0.4, 0.5) is 8.78 Å². The summed E-state index contributed by atoms with van der Waals surface area (Å²) in [5, 5.41) is 3.35. The van der Waals surface area contributed by atoms with Crippen LogP contribution in [-0.2, 0) is 6.54 Å². The predicted octanol–water partition coefficient (Wildman–Crippen LogP) is 4.59. The normalized spacial score (nSPS) is 22.5. The summed E-state index contributed by atoms with van der Waals surface area (Å²) in [6.07, 6.45) is 6.53. The molecule has 118 valence electrons. The predicted molar refractivity (Wildman–Crippen MR) is 80.5 cm³/mol. The molecule has 21 heavy (non-hydrogen) atoms. The van der Waals surface area contributed by atoms with Crippen molar-refractivity contribution in [3.05, 3.63) is 29.8 Å². The Labute approximate surface area is 125 Å². The Morgan fingerprint density at radius 2 is 2.10 bits per heavy atom. The molecule has 1 aromatic carbocycles. The van der Waals surface area contributed by atoms with Crippen LogP contribution in [0.2, 0.25) is 0 Å². The van der Waals surface area contributed by atoms with Crippen molar-refractivity contribution in [1.29, 1.82) is 0 Å². The minimum atomic E-state index is -2.77. The summed E-state index contributed by atoms with van der Waals surface area (Å²) in [5.74, 6) is 1.93. The van der Waals surface area contributed by atoms with Gasteiger partial charge in [-0.25, -0.2) is 0 Å². The topological polar surface area (TPSA) is 21.3 Å². The molecule has 1 saturated carbocycles. The molecule has 0 radical (unpaired) electrons. The Balaban J connectivity index is 1.73. The first-order chi connectivity index (χ1) is 10.1. The number of para-hydroxylation sites is 1. The Bertz CT molecular complexity index is 425. The first-order valence-electron chi connectivity index (χ1n) is 7.88. The zero-order valence-corrected chi connectivity index (χ0v) is 12.7. The minimum Gasteiger partial charge on any atom is -0.434 e. The molecule has 2 atom stereocenters. The molecule has 1 aromatic rings. The summed E-state index contributed by atoms with van der Waals surface area (Å²) in [6.45, 7) is 1.07. The van der Waals surface area contributed by atoms with Crippen molar-refractivity contribution in [2.75, 3.05) is 6.54 Å². The van der Waals surface area contributed by atoms with E-state index in [2.05, 4.69) is 17.0 Å². The van der Waals surface area contributed by atoms with E-state index in [0.717, 1.165) is 23.9 Å². The Hall–Kier alpha value is -1.16. The monoisotopic (exact) mass is 297 g/mol. The van der Waals surface area contributed by atoms with Gasteiger partial charge in [-0.15, -0.1) is 0 Å². The fraction of sp³-hybridized carbons (Fsp3) is 0.647. The SMILES string of the molecule is CC1CCCC(CCNCc2ccccc2OC(F)F)C1. The lowest BCUT2D eigenvalue weighted by atomic mass is 9.81. The Morgan fingerprint density at radius 1 is 1.29 bits per heavy atom. The fourth-order valence-electron chi connectivity index (χ4n) is 3.21. The highest BCUT2D eigenvalue weighted by atomic mass is 19.3. The third kappa shape index (κ3) is 5.62. The van der Waals surface area contributed by atoms with Crippen LogP contribution in [0, 0.1) is 11.8 Å². The zero-order valence-electron chi connectivity index (χ0n) is 12.7. The Morgan fingerprint density at radius 3 is 2.86 bits per heavy atom. The van der Waals surface area contributed by atoms with Crippen molar-refractivity contribution in [2.24, 2.45) is 11.8 Å². The van der Waals surface area contributed by atoms with E-state index in [1.54, 1.807) is 12.1 Å². The summed E-state index contributed by atoms with van der Waals surface area (Å²) in [4.78, 5) is 0. The summed E-state index contributed by atoms with van der Waals surface area (Å²) in [6, 6.07) is 6.97. The lowest BCUT2D eigenvalue weighted by Crippen LogP contribution is -2.21. The van der Waals surface area contributed by atoms with Crippen LogP contribution in [0.5, 0.6) is 5.75 Å². The molecule has 2 nitrogen and oxygen atoms in total. The van der Waals surface area contributed by atoms with E-state index in [4.69, 9.17) is 0 Å². The molecule has 0 saturated heterocycles. The molecule has 0 aromatic heterocycles. The molecule has 4 heteroatoms. The Kier molecular flexibility index (Phi) is 6.43. The van der Waals surface area contributed by atoms with Crippen LogP contribution in [0.15, 0.2) is 24.3 Å². The van der Waals surface area contributed by atoms with E-state index in [1.165, 1.54) is 32.1 Å². The van der Waals surface area contributed by atoms with Gasteiger partial charge in [0.1, 0.15) is 5.75 Å². The van der Waals surface area contributed by atoms with E-state index < -0.39 is 6.61 Å². The molecule has 0 bridgehead atoms. The number of ether oxygens (including phenoxy) is 1. The molecule has 0 aliphatic heterocycles. The minimum absolute atomic E-state index is 0.270. The van der Waals surface area contributed by atoms with Crippen molar-refractivity contribution in [2.45, 2.75) is 52.2 Å². The van der Waals surface area contributed by atoms with Crippen molar-refractivity contribution < 1.29 is 13.5 Å². The third-order valence-corrected chi connectivity index (χ3v) is 4.28. The number of hydrogen-bond donors (Lipinski definition) is 1. The van der Waals surface area contributed by atoms with Gasteiger partial charge in [-0.2, -0.15) is 8.78 Å². The van der Waals surface area contributed by atoms with Crippen LogP contribution in [0.25, 0.3) is 0 Å². The quantitative estimate of drug-likeness (QED) is 0.743. The van der Waals surface area contributed by atoms with Gasteiger partial charge in [0.2, 0.25) is 0 Å². The first kappa shape index (κ1) is 16.2. The summed E-state index contributed by atoms with van der Waals surface area (Å²) in [5.41, 5.74) is 0.787. The van der Waals surface area contributed by atoms with Gasteiger partial charge in [0, 0.05) is 12.1 Å². The zero-order chi connectivity index (χ0) is 15.1. The molecule has 1 aliphatic carbocycles. The van der Waals surface area contributed by atoms with E-state index in [1.807, 2.05) is 12.1 Å². The molecule has 1 fully saturated rings. The standard InChI is InChI=1S/C17H25F2NO/c1-13-5-4-6-14(11-13)9-10-20-12-15-7-2-3-8-16(15)21-17(18)19/h2-3,7-8,13-14,17,20H,4-6,9-12H2,1H3. The number of hydrogen-bond acceptors (Lipinski definition) is 2. The van der Waals surface area contributed by atoms with Gasteiger partial charge in [0.25, 0.3) is 0 Å². The van der Waals surface area contributed by atoms with Crippen LogP contribution in [0.1, 0.15) is 44.6 Å². The van der Waals surface area contributed by atoms with Gasteiger partial charge < -0.3 is 10.1 Å². The van der Waals surface area contributed by atoms with E-state index in [-0.39, 0.29) is 5.75 Å². The lowest BCUT2D eigenvalue weighted by Gasteiger charge is -2.26. The van der Waals surface area contributed by atoms with E-state index in [9.17, 15) is 8.78 Å². The van der Waals surface area contributed by atoms with Gasteiger partial charge in [0.05, 0.1) is 0 Å². The molecule has 2 unspecified atom stereocenters. The maximum atomic E-state index is 12.3. The maximum absolute atomic E-state index is 12.3. The van der Waals surface area contributed by atoms with E-state index >= 15 is 0 Å². The molecule has 0 heterocycles. The average molecular weight is 297 g/mol. The van der Waals surface area contributed by atoms with Crippen LogP contribution < -0.4 is 10.1 Å². The average Bonchev–Trinajstić information content (AvgIpc) is 2.45. The largest absolute Gasteiger partial charge is 0.434 e.